The van der Waals surface area contributed by atoms with Gasteiger partial charge in [0.15, 0.2) is 5.75 Å². The number of rotatable bonds is 4. The summed E-state index contributed by atoms with van der Waals surface area (Å²) in [6.45, 7) is 4.50. The highest BCUT2D eigenvalue weighted by atomic mass is 16.5. The van der Waals surface area contributed by atoms with Gasteiger partial charge in [-0.25, -0.2) is 14.3 Å². The van der Waals surface area contributed by atoms with Gasteiger partial charge in [-0.15, -0.1) is 0 Å². The number of anilines is 1. The minimum atomic E-state index is -0.703. The summed E-state index contributed by atoms with van der Waals surface area (Å²) in [4.78, 5) is 46.5. The first-order valence-corrected chi connectivity index (χ1v) is 9.56. The van der Waals surface area contributed by atoms with Crippen LogP contribution in [0.5, 0.6) is 5.75 Å². The molecule has 3 amide bonds. The van der Waals surface area contributed by atoms with Crippen LogP contribution in [0, 0.1) is 6.92 Å². The fourth-order valence-electron chi connectivity index (χ4n) is 4.06. The van der Waals surface area contributed by atoms with E-state index in [0.29, 0.717) is 24.1 Å². The molecule has 1 unspecified atom stereocenters. The monoisotopic (exact) mass is 398 g/mol. The Morgan fingerprint density at radius 1 is 1.34 bits per heavy atom. The molecule has 9 nitrogen and oxygen atoms in total. The molecule has 0 aliphatic carbocycles. The molecule has 0 radical (unpaired) electrons. The van der Waals surface area contributed by atoms with Gasteiger partial charge >= 0.3 is 12.0 Å². The summed E-state index contributed by atoms with van der Waals surface area (Å²) in [5, 5.41) is 0. The van der Waals surface area contributed by atoms with Gasteiger partial charge in [-0.1, -0.05) is 11.1 Å². The second-order valence-corrected chi connectivity index (χ2v) is 7.51. The summed E-state index contributed by atoms with van der Waals surface area (Å²) < 4.78 is 7.46. The van der Waals surface area contributed by atoms with E-state index in [1.807, 2.05) is 34.6 Å². The number of likely N-dealkylation sites (N-methyl/N-ethyl adjacent to an activating group) is 1. The van der Waals surface area contributed by atoms with Crippen molar-refractivity contribution in [3.8, 4) is 5.75 Å². The van der Waals surface area contributed by atoms with Crippen molar-refractivity contribution in [2.45, 2.75) is 26.3 Å². The van der Waals surface area contributed by atoms with Crippen LogP contribution in [0.2, 0.25) is 0 Å². The third-order valence-corrected chi connectivity index (χ3v) is 5.42. The molecule has 3 aliphatic rings. The average molecular weight is 398 g/mol. The number of amidine groups is 1. The zero-order chi connectivity index (χ0) is 20.9. The van der Waals surface area contributed by atoms with Crippen LogP contribution in [0.4, 0.5) is 10.5 Å². The molecule has 0 aromatic heterocycles. The van der Waals surface area contributed by atoms with Gasteiger partial charge in [0.1, 0.15) is 11.5 Å². The van der Waals surface area contributed by atoms with Crippen molar-refractivity contribution in [2.75, 3.05) is 38.7 Å². The van der Waals surface area contributed by atoms with Gasteiger partial charge in [0.25, 0.3) is 5.91 Å². The van der Waals surface area contributed by atoms with Crippen LogP contribution in [-0.2, 0) is 9.59 Å². The number of carbonyl (C=O) groups excluding carboxylic acids is 3. The molecule has 3 aliphatic heterocycles. The standard InChI is InChI=1S/C20H24N5O4/c1-12-6-7-15(29-4)14(10-12)23-8-5-9-24-16-17(21-19(23)24)22(3)20(28)25(18(16)27)11-13(2)26/h6-7,10,16H,5,8-9,11H2,1-4H3/q+1. The summed E-state index contributed by atoms with van der Waals surface area (Å²) in [6.07, 6.45) is 0.817. The molecule has 0 saturated carbocycles. The van der Waals surface area contributed by atoms with Crippen molar-refractivity contribution in [3.63, 3.8) is 0 Å². The van der Waals surface area contributed by atoms with Crippen LogP contribution in [0.1, 0.15) is 18.9 Å². The lowest BCUT2D eigenvalue weighted by Gasteiger charge is -2.34. The Morgan fingerprint density at radius 2 is 2.10 bits per heavy atom. The van der Waals surface area contributed by atoms with Crippen molar-refractivity contribution in [1.82, 2.24) is 9.80 Å². The molecule has 1 atom stereocenters. The predicted octanol–water partition coefficient (Wildman–Crippen LogP) is 0.846. The molecule has 9 heteroatoms. The summed E-state index contributed by atoms with van der Waals surface area (Å²) >= 11 is 0. The molecular weight excluding hydrogens is 374 g/mol. The van der Waals surface area contributed by atoms with E-state index in [4.69, 9.17) is 9.73 Å². The molecule has 1 fully saturated rings. The lowest BCUT2D eigenvalue weighted by Crippen LogP contribution is -2.64. The summed E-state index contributed by atoms with van der Waals surface area (Å²) in [6, 6.07) is 4.68. The molecule has 3 heterocycles. The number of methoxy groups -OCH3 is 1. The number of hydrogen-bond donors (Lipinski definition) is 0. The Kier molecular flexibility index (Phi) is 4.60. The Labute approximate surface area is 168 Å². The van der Waals surface area contributed by atoms with Crippen molar-refractivity contribution in [1.29, 1.82) is 0 Å². The zero-order valence-electron chi connectivity index (χ0n) is 17.0. The summed E-state index contributed by atoms with van der Waals surface area (Å²) in [7, 11) is 3.21. The summed E-state index contributed by atoms with van der Waals surface area (Å²) in [5.74, 6) is 1.09. The minimum Gasteiger partial charge on any atom is -0.493 e. The average Bonchev–Trinajstić information content (AvgIpc) is 3.09. The first kappa shape index (κ1) is 19.1. The fourth-order valence-corrected chi connectivity index (χ4v) is 4.06. The van der Waals surface area contributed by atoms with Crippen molar-refractivity contribution >= 4 is 35.2 Å². The molecular formula is C20H24N5O4+. The second kappa shape index (κ2) is 6.98. The van der Waals surface area contributed by atoms with E-state index in [-0.39, 0.29) is 12.3 Å². The number of guanidine groups is 1. The molecule has 0 bridgehead atoms. The number of benzene rings is 1. The van der Waals surface area contributed by atoms with Crippen molar-refractivity contribution < 1.29 is 23.7 Å². The van der Waals surface area contributed by atoms with Gasteiger partial charge in [-0.05, 0) is 31.5 Å². The number of aliphatic imine (C=N–C) groups is 1. The molecule has 4 rings (SSSR count). The second-order valence-electron chi connectivity index (χ2n) is 7.51. The van der Waals surface area contributed by atoms with Crippen LogP contribution in [0.25, 0.3) is 0 Å². The molecule has 1 saturated heterocycles. The van der Waals surface area contributed by atoms with Gasteiger partial charge in [0, 0.05) is 13.5 Å². The van der Waals surface area contributed by atoms with E-state index in [1.165, 1.54) is 11.8 Å². The highest BCUT2D eigenvalue weighted by molar-refractivity contribution is 6.24. The number of carbonyl (C=O) groups is 3. The maximum absolute atomic E-state index is 13.1. The van der Waals surface area contributed by atoms with E-state index >= 15 is 0 Å². The van der Waals surface area contributed by atoms with Gasteiger partial charge < -0.3 is 4.74 Å². The topological polar surface area (TPSA) is 85.5 Å². The number of nitrogens with zero attached hydrogens (tertiary/aromatic N) is 5. The van der Waals surface area contributed by atoms with Crippen LogP contribution in [0.3, 0.4) is 0 Å². The number of fused-ring (bicyclic) bond motifs is 2. The van der Waals surface area contributed by atoms with Crippen LogP contribution in [0.15, 0.2) is 23.2 Å². The number of amides is 3. The van der Waals surface area contributed by atoms with Gasteiger partial charge in [-0.2, -0.15) is 0 Å². The molecule has 0 spiro atoms. The minimum absolute atomic E-state index is 0.232. The van der Waals surface area contributed by atoms with Crippen LogP contribution < -0.4 is 9.64 Å². The number of aryl methyl sites for hydroxylation is 1. The maximum Gasteiger partial charge on any atom is 0.397 e. The number of imide groups is 1. The normalized spacial score (nSPS) is 21.3. The molecule has 1 aromatic rings. The highest BCUT2D eigenvalue weighted by Gasteiger charge is 2.54. The van der Waals surface area contributed by atoms with E-state index in [1.54, 1.807) is 14.2 Å². The zero-order valence-corrected chi connectivity index (χ0v) is 17.0. The molecule has 0 N–H and O–H groups in total. The lowest BCUT2D eigenvalue weighted by atomic mass is 10.1. The Balaban J connectivity index is 1.79. The quantitative estimate of drug-likeness (QED) is 0.702. The number of hydrogen-bond acceptors (Lipinski definition) is 6. The first-order chi connectivity index (χ1) is 13.8. The number of ketones is 1. The molecule has 1 aromatic carbocycles. The number of urea groups is 1. The van der Waals surface area contributed by atoms with Crippen molar-refractivity contribution in [2.24, 2.45) is 4.99 Å². The van der Waals surface area contributed by atoms with Crippen molar-refractivity contribution in [3.05, 3.63) is 23.8 Å². The Bertz CT molecular complexity index is 983. The van der Waals surface area contributed by atoms with E-state index in [2.05, 4.69) is 0 Å². The van der Waals surface area contributed by atoms with E-state index in [0.717, 1.165) is 29.1 Å². The third kappa shape index (κ3) is 2.97. The third-order valence-electron chi connectivity index (χ3n) is 5.42. The Hall–Kier alpha value is -3.23. The van der Waals surface area contributed by atoms with E-state index in [9.17, 15) is 14.4 Å². The van der Waals surface area contributed by atoms with Gasteiger partial charge in [-0.3, -0.25) is 19.4 Å². The highest BCUT2D eigenvalue weighted by Crippen LogP contribution is 2.33. The predicted molar refractivity (Wildman–Crippen MR) is 107 cm³/mol. The SMILES string of the molecule is COc1ccc(C)cc1N1CCC[N+]2=C1N=C1C2C(=O)N(CC(C)=O)C(=O)N1C. The van der Waals surface area contributed by atoms with Gasteiger partial charge in [0.2, 0.25) is 11.9 Å². The maximum atomic E-state index is 13.1. The smallest absolute Gasteiger partial charge is 0.397 e. The van der Waals surface area contributed by atoms with Crippen LogP contribution in [-0.4, -0.2) is 83.7 Å². The molecule has 29 heavy (non-hydrogen) atoms. The first-order valence-electron chi connectivity index (χ1n) is 9.56. The largest absolute Gasteiger partial charge is 0.493 e. The van der Waals surface area contributed by atoms with E-state index < -0.39 is 18.0 Å². The summed E-state index contributed by atoms with van der Waals surface area (Å²) in [5.41, 5.74) is 1.95. The van der Waals surface area contributed by atoms with Crippen LogP contribution >= 0.6 is 0 Å². The molecule has 152 valence electrons. The number of Topliss-reactive ketones (excluding diaryl/α,β-unsaturated/α-hetero) is 1. The Morgan fingerprint density at radius 3 is 2.79 bits per heavy atom. The number of ether oxygens (including phenoxy) is 1. The van der Waals surface area contributed by atoms with Gasteiger partial charge in [0.05, 0.1) is 26.7 Å². The fraction of sp³-hybridized carbons (Fsp3) is 0.450. The lowest BCUT2D eigenvalue weighted by molar-refractivity contribution is -0.539.